The zero-order chi connectivity index (χ0) is 6.69. The Balaban J connectivity index is 2.35. The molecule has 2 N–H and O–H groups in total. The quantitative estimate of drug-likeness (QED) is 0.597. The van der Waals surface area contributed by atoms with Crippen molar-refractivity contribution in [1.29, 1.82) is 0 Å². The summed E-state index contributed by atoms with van der Waals surface area (Å²) in [5.74, 6) is 0.0269. The third-order valence-corrected chi connectivity index (χ3v) is 1.71. The molecule has 0 saturated heterocycles. The molecule has 1 rings (SSSR count). The van der Waals surface area contributed by atoms with Gasteiger partial charge in [0.25, 0.3) is 0 Å². The molecule has 4 heteroatoms. The van der Waals surface area contributed by atoms with E-state index in [9.17, 15) is 4.79 Å². The van der Waals surface area contributed by atoms with Crippen LogP contribution in [0.4, 0.5) is 0 Å². The van der Waals surface area contributed by atoms with Crippen molar-refractivity contribution in [2.24, 2.45) is 0 Å². The maximum absolute atomic E-state index is 10.1. The van der Waals surface area contributed by atoms with Crippen molar-refractivity contribution in [3.8, 4) is 0 Å². The zero-order valence-electron chi connectivity index (χ0n) is 4.76. The molecule has 0 unspecified atom stereocenters. The average molecular weight is 145 g/mol. The second kappa shape index (κ2) is 2.77. The number of thioether (sulfide) groups is 1. The van der Waals surface area contributed by atoms with Gasteiger partial charge in [0.05, 0.1) is 12.3 Å². The summed E-state index contributed by atoms with van der Waals surface area (Å²) in [6.45, 7) is 0. The molecule has 50 valence electrons. The Kier molecular flexibility index (Phi) is 2.00. The molecule has 0 amide bonds. The summed E-state index contributed by atoms with van der Waals surface area (Å²) in [5.41, 5.74) is 0.813. The molecule has 9 heavy (non-hydrogen) atoms. The number of carboxylic acids is 1. The Morgan fingerprint density at radius 3 is 3.22 bits per heavy atom. The highest BCUT2D eigenvalue weighted by atomic mass is 32.2. The predicted octanol–water partition coefficient (Wildman–Crippen LogP) is 0.596. The largest absolute Gasteiger partial charge is 0.481 e. The first-order valence-electron chi connectivity index (χ1n) is 2.55. The lowest BCUT2D eigenvalue weighted by molar-refractivity contribution is -0.136. The van der Waals surface area contributed by atoms with Crippen molar-refractivity contribution in [2.75, 3.05) is 5.88 Å². The van der Waals surface area contributed by atoms with Crippen LogP contribution in [0.1, 0.15) is 6.42 Å². The minimum absolute atomic E-state index is 0.118. The SMILES string of the molecule is O=C(O)CC1=CSCN1. The highest BCUT2D eigenvalue weighted by Crippen LogP contribution is 2.14. The second-order valence-electron chi connectivity index (χ2n) is 1.70. The molecule has 3 nitrogen and oxygen atoms in total. The van der Waals surface area contributed by atoms with Gasteiger partial charge in [-0.25, -0.2) is 0 Å². The van der Waals surface area contributed by atoms with Crippen molar-refractivity contribution in [3.63, 3.8) is 0 Å². The van der Waals surface area contributed by atoms with Crippen molar-refractivity contribution >= 4 is 17.7 Å². The smallest absolute Gasteiger partial charge is 0.309 e. The monoisotopic (exact) mass is 145 g/mol. The van der Waals surface area contributed by atoms with Crippen LogP contribution in [0.15, 0.2) is 11.1 Å². The Hall–Kier alpha value is -0.640. The fourth-order valence-corrected chi connectivity index (χ4v) is 1.31. The minimum Gasteiger partial charge on any atom is -0.481 e. The Labute approximate surface area is 57.1 Å². The highest BCUT2D eigenvalue weighted by Gasteiger charge is 2.06. The number of carbonyl (C=O) groups is 1. The van der Waals surface area contributed by atoms with E-state index < -0.39 is 5.97 Å². The predicted molar refractivity (Wildman–Crippen MR) is 35.9 cm³/mol. The number of nitrogens with one attached hydrogen (secondary N) is 1. The molecule has 0 bridgehead atoms. The van der Waals surface area contributed by atoms with Gasteiger partial charge in [0.15, 0.2) is 0 Å². The van der Waals surface area contributed by atoms with Crippen LogP contribution in [-0.4, -0.2) is 17.0 Å². The molecule has 0 aliphatic carbocycles. The highest BCUT2D eigenvalue weighted by molar-refractivity contribution is 8.02. The number of hydrogen-bond donors (Lipinski definition) is 2. The molecule has 1 aliphatic rings. The molecule has 0 fully saturated rings. The van der Waals surface area contributed by atoms with Crippen LogP contribution in [0.2, 0.25) is 0 Å². The summed E-state index contributed by atoms with van der Waals surface area (Å²) in [4.78, 5) is 10.1. The van der Waals surface area contributed by atoms with E-state index in [0.29, 0.717) is 0 Å². The fourth-order valence-electron chi connectivity index (χ4n) is 0.585. The molecule has 0 atom stereocenters. The first kappa shape index (κ1) is 6.48. The second-order valence-corrected chi connectivity index (χ2v) is 2.56. The summed E-state index contributed by atoms with van der Waals surface area (Å²) >= 11 is 1.59. The van der Waals surface area contributed by atoms with E-state index in [-0.39, 0.29) is 6.42 Å². The maximum Gasteiger partial charge on any atom is 0.309 e. The molecule has 1 heterocycles. The normalized spacial score (nSPS) is 16.7. The molecule has 0 radical (unpaired) electrons. The molecule has 0 aromatic heterocycles. The van der Waals surface area contributed by atoms with Crippen LogP contribution in [0.3, 0.4) is 0 Å². The zero-order valence-corrected chi connectivity index (χ0v) is 5.57. The van der Waals surface area contributed by atoms with Crippen LogP contribution in [0, 0.1) is 0 Å². The standard InChI is InChI=1S/C5H7NO2S/c7-5(8)1-4-2-9-3-6-4/h2,6H,1,3H2,(H,7,8). The van der Waals surface area contributed by atoms with Gasteiger partial charge < -0.3 is 10.4 Å². The van der Waals surface area contributed by atoms with Crippen LogP contribution in [0.5, 0.6) is 0 Å². The Morgan fingerprint density at radius 2 is 2.78 bits per heavy atom. The first-order valence-corrected chi connectivity index (χ1v) is 3.60. The Morgan fingerprint density at radius 1 is 2.00 bits per heavy atom. The third kappa shape index (κ3) is 1.97. The van der Waals surface area contributed by atoms with E-state index in [1.54, 1.807) is 11.8 Å². The van der Waals surface area contributed by atoms with Crippen LogP contribution < -0.4 is 5.32 Å². The van der Waals surface area contributed by atoms with Crippen molar-refractivity contribution in [2.45, 2.75) is 6.42 Å². The van der Waals surface area contributed by atoms with Gasteiger partial charge in [-0.05, 0) is 5.41 Å². The Bertz CT molecular complexity index is 155. The van der Waals surface area contributed by atoms with E-state index in [1.807, 2.05) is 5.41 Å². The van der Waals surface area contributed by atoms with Gasteiger partial charge in [-0.2, -0.15) is 0 Å². The third-order valence-electron chi connectivity index (χ3n) is 0.950. The fraction of sp³-hybridized carbons (Fsp3) is 0.400. The molecular weight excluding hydrogens is 138 g/mol. The van der Waals surface area contributed by atoms with E-state index in [4.69, 9.17) is 5.11 Å². The molecule has 1 aliphatic heterocycles. The van der Waals surface area contributed by atoms with Gasteiger partial charge in [-0.1, -0.05) is 0 Å². The van der Waals surface area contributed by atoms with Gasteiger partial charge in [0, 0.05) is 5.70 Å². The first-order chi connectivity index (χ1) is 4.29. The summed E-state index contributed by atoms with van der Waals surface area (Å²) in [7, 11) is 0. The van der Waals surface area contributed by atoms with E-state index in [2.05, 4.69) is 5.32 Å². The average Bonchev–Trinajstić information content (AvgIpc) is 2.15. The topological polar surface area (TPSA) is 49.3 Å². The van der Waals surface area contributed by atoms with Gasteiger partial charge in [-0.15, -0.1) is 11.8 Å². The summed E-state index contributed by atoms with van der Waals surface area (Å²) < 4.78 is 0. The molecule has 0 spiro atoms. The van der Waals surface area contributed by atoms with E-state index in [0.717, 1.165) is 11.6 Å². The van der Waals surface area contributed by atoms with Crippen molar-refractivity contribution < 1.29 is 9.90 Å². The number of aliphatic carboxylic acids is 1. The summed E-state index contributed by atoms with van der Waals surface area (Å²) in [6.07, 6.45) is 0.118. The lowest BCUT2D eigenvalue weighted by Crippen LogP contribution is -2.10. The maximum atomic E-state index is 10.1. The van der Waals surface area contributed by atoms with Gasteiger partial charge >= 0.3 is 5.97 Å². The van der Waals surface area contributed by atoms with Crippen LogP contribution in [0.25, 0.3) is 0 Å². The number of hydrogen-bond acceptors (Lipinski definition) is 3. The van der Waals surface area contributed by atoms with E-state index >= 15 is 0 Å². The van der Waals surface area contributed by atoms with Crippen molar-refractivity contribution in [1.82, 2.24) is 5.32 Å². The summed E-state index contributed by atoms with van der Waals surface area (Å²) in [6, 6.07) is 0. The molecule has 0 saturated carbocycles. The van der Waals surface area contributed by atoms with Gasteiger partial charge in [0.1, 0.15) is 0 Å². The lowest BCUT2D eigenvalue weighted by Gasteiger charge is -1.95. The number of rotatable bonds is 2. The van der Waals surface area contributed by atoms with Crippen LogP contribution in [-0.2, 0) is 4.79 Å². The van der Waals surface area contributed by atoms with Crippen molar-refractivity contribution in [3.05, 3.63) is 11.1 Å². The van der Waals surface area contributed by atoms with Gasteiger partial charge in [-0.3, -0.25) is 4.79 Å². The minimum atomic E-state index is -0.781. The number of carboxylic acid groups (broad SMARTS) is 1. The molecule has 0 aromatic carbocycles. The summed E-state index contributed by atoms with van der Waals surface area (Å²) in [5, 5.41) is 13.1. The molecule has 0 aromatic rings. The molecular formula is C5H7NO2S. The van der Waals surface area contributed by atoms with E-state index in [1.165, 1.54) is 0 Å². The van der Waals surface area contributed by atoms with Crippen LogP contribution >= 0.6 is 11.8 Å². The van der Waals surface area contributed by atoms with Gasteiger partial charge in [0.2, 0.25) is 0 Å². The lowest BCUT2D eigenvalue weighted by atomic mass is 10.3.